The fourth-order valence-electron chi connectivity index (χ4n) is 8.67. The van der Waals surface area contributed by atoms with Gasteiger partial charge in [-0.3, -0.25) is 0 Å². The van der Waals surface area contributed by atoms with Gasteiger partial charge in [0.25, 0.3) is 0 Å². The lowest BCUT2D eigenvalue weighted by atomic mass is 9.85. The van der Waals surface area contributed by atoms with Crippen LogP contribution < -0.4 is 0 Å². The average Bonchev–Trinajstić information content (AvgIpc) is 3.56. The van der Waals surface area contributed by atoms with E-state index < -0.39 is 0 Å². The van der Waals surface area contributed by atoms with E-state index in [-0.39, 0.29) is 0 Å². The minimum absolute atomic E-state index is 1.15. The SMILES string of the molecule is c1ccc2cc(-c3ccc4c(c3)c3ccccc3n4-c3ccc(-c4c5ccccc5c(-c5ccc6ccccc6c5)c5ccccc45)cc3)ccc2c1. The second kappa shape index (κ2) is 11.8. The van der Waals surface area contributed by atoms with E-state index in [1.54, 1.807) is 0 Å². The quantitative estimate of drug-likeness (QED) is 0.164. The van der Waals surface area contributed by atoms with Crippen LogP contribution >= 0.6 is 0 Å². The molecule has 0 spiro atoms. The van der Waals surface area contributed by atoms with Crippen LogP contribution in [-0.2, 0) is 0 Å². The molecule has 0 amide bonds. The average molecular weight is 672 g/mol. The lowest BCUT2D eigenvalue weighted by Gasteiger charge is -2.18. The Balaban J connectivity index is 1.07. The molecular formula is C52H33N. The summed E-state index contributed by atoms with van der Waals surface area (Å²) in [6.07, 6.45) is 0. The van der Waals surface area contributed by atoms with E-state index >= 15 is 0 Å². The number of nitrogens with zero attached hydrogens (tertiary/aromatic N) is 1. The van der Waals surface area contributed by atoms with Crippen molar-refractivity contribution in [3.63, 3.8) is 0 Å². The van der Waals surface area contributed by atoms with Crippen LogP contribution in [0.25, 0.3) is 104 Å². The van der Waals surface area contributed by atoms with Gasteiger partial charge >= 0.3 is 0 Å². The molecule has 11 rings (SSSR count). The van der Waals surface area contributed by atoms with Crippen LogP contribution in [0.4, 0.5) is 0 Å². The number of fused-ring (bicyclic) bond motifs is 7. The van der Waals surface area contributed by atoms with Gasteiger partial charge in [-0.15, -0.1) is 0 Å². The number of para-hydroxylation sites is 1. The summed E-state index contributed by atoms with van der Waals surface area (Å²) in [5.41, 5.74) is 11.1. The van der Waals surface area contributed by atoms with E-state index in [9.17, 15) is 0 Å². The maximum absolute atomic E-state index is 2.41. The summed E-state index contributed by atoms with van der Waals surface area (Å²) >= 11 is 0. The van der Waals surface area contributed by atoms with E-state index in [2.05, 4.69) is 205 Å². The first-order valence-corrected chi connectivity index (χ1v) is 18.3. The van der Waals surface area contributed by atoms with Gasteiger partial charge in [0.15, 0.2) is 0 Å². The number of rotatable bonds is 4. The molecule has 1 aromatic heterocycles. The Kier molecular flexibility index (Phi) is 6.62. The van der Waals surface area contributed by atoms with Crippen molar-refractivity contribution in [2.75, 3.05) is 0 Å². The van der Waals surface area contributed by atoms with E-state index in [1.807, 2.05) is 0 Å². The molecule has 0 saturated heterocycles. The van der Waals surface area contributed by atoms with Crippen LogP contribution in [0.3, 0.4) is 0 Å². The first kappa shape index (κ1) is 29.7. The summed E-state index contributed by atoms with van der Waals surface area (Å²) in [7, 11) is 0. The molecule has 0 aliphatic carbocycles. The van der Waals surface area contributed by atoms with Gasteiger partial charge in [-0.1, -0.05) is 158 Å². The molecule has 0 unspecified atom stereocenters. The van der Waals surface area contributed by atoms with Crippen molar-refractivity contribution in [3.8, 4) is 39.1 Å². The summed E-state index contributed by atoms with van der Waals surface area (Å²) in [4.78, 5) is 0. The number of aromatic nitrogens is 1. The van der Waals surface area contributed by atoms with Gasteiger partial charge in [0, 0.05) is 16.5 Å². The van der Waals surface area contributed by atoms with Gasteiger partial charge in [0.2, 0.25) is 0 Å². The van der Waals surface area contributed by atoms with Gasteiger partial charge in [-0.05, 0) is 119 Å². The highest BCUT2D eigenvalue weighted by Gasteiger charge is 2.18. The molecule has 0 aliphatic heterocycles. The minimum Gasteiger partial charge on any atom is -0.309 e. The van der Waals surface area contributed by atoms with Crippen molar-refractivity contribution in [1.29, 1.82) is 0 Å². The fourth-order valence-corrected chi connectivity index (χ4v) is 8.67. The molecule has 53 heavy (non-hydrogen) atoms. The standard InChI is InChI=1S/C52H33N/c1-3-13-37-31-39(23-21-34(37)11-1)40-27-30-50-48(33-40)43-15-9-10-20-49(43)53(50)42-28-25-36(26-29-42)51-44-16-5-7-18-46(44)52(47-19-8-6-17-45(47)51)41-24-22-35-12-2-4-14-38(35)32-41/h1-33H. The maximum atomic E-state index is 2.41. The zero-order chi connectivity index (χ0) is 34.9. The highest BCUT2D eigenvalue weighted by molar-refractivity contribution is 6.22. The number of benzene rings is 10. The first-order valence-electron chi connectivity index (χ1n) is 18.3. The van der Waals surface area contributed by atoms with E-state index in [4.69, 9.17) is 0 Å². The Morgan fingerprint density at radius 2 is 0.660 bits per heavy atom. The van der Waals surface area contributed by atoms with E-state index in [0.717, 1.165) is 5.69 Å². The summed E-state index contributed by atoms with van der Waals surface area (Å²) < 4.78 is 2.41. The van der Waals surface area contributed by atoms with Crippen molar-refractivity contribution in [2.45, 2.75) is 0 Å². The summed E-state index contributed by atoms with van der Waals surface area (Å²) in [5.74, 6) is 0. The molecular weight excluding hydrogens is 639 g/mol. The topological polar surface area (TPSA) is 4.93 Å². The highest BCUT2D eigenvalue weighted by Crippen LogP contribution is 2.44. The molecule has 0 saturated carbocycles. The van der Waals surface area contributed by atoms with Gasteiger partial charge in [-0.25, -0.2) is 0 Å². The van der Waals surface area contributed by atoms with Crippen LogP contribution in [-0.4, -0.2) is 4.57 Å². The third kappa shape index (κ3) is 4.71. The smallest absolute Gasteiger partial charge is 0.0541 e. The van der Waals surface area contributed by atoms with Crippen molar-refractivity contribution in [2.24, 2.45) is 0 Å². The molecule has 0 N–H and O–H groups in total. The molecule has 11 aromatic rings. The molecule has 1 heteroatoms. The molecule has 1 nitrogen and oxygen atoms in total. The molecule has 0 aliphatic rings. The predicted octanol–water partition coefficient (Wildman–Crippen LogP) is 14.4. The summed E-state index contributed by atoms with van der Waals surface area (Å²) in [6, 6.07) is 73.6. The molecule has 0 atom stereocenters. The third-order valence-electron chi connectivity index (χ3n) is 11.1. The Morgan fingerprint density at radius 3 is 1.28 bits per heavy atom. The van der Waals surface area contributed by atoms with Crippen LogP contribution in [0.5, 0.6) is 0 Å². The van der Waals surface area contributed by atoms with Crippen LogP contribution in [0.2, 0.25) is 0 Å². The molecule has 0 bridgehead atoms. The fraction of sp³-hybridized carbons (Fsp3) is 0. The molecule has 0 radical (unpaired) electrons. The Labute approximate surface area is 307 Å². The first-order chi connectivity index (χ1) is 26.3. The zero-order valence-corrected chi connectivity index (χ0v) is 29.0. The van der Waals surface area contributed by atoms with Crippen molar-refractivity contribution >= 4 is 64.9 Å². The van der Waals surface area contributed by atoms with Crippen LogP contribution in [0.15, 0.2) is 200 Å². The molecule has 10 aromatic carbocycles. The lowest BCUT2D eigenvalue weighted by molar-refractivity contribution is 1.18. The number of hydrogen-bond acceptors (Lipinski definition) is 0. The lowest BCUT2D eigenvalue weighted by Crippen LogP contribution is -1.94. The Hall–Kier alpha value is -6.96. The van der Waals surface area contributed by atoms with Crippen molar-refractivity contribution < 1.29 is 0 Å². The summed E-state index contributed by atoms with van der Waals surface area (Å²) in [6.45, 7) is 0. The van der Waals surface area contributed by atoms with Gasteiger partial charge in [-0.2, -0.15) is 0 Å². The van der Waals surface area contributed by atoms with Crippen LogP contribution in [0.1, 0.15) is 0 Å². The predicted molar refractivity (Wildman–Crippen MR) is 227 cm³/mol. The Morgan fingerprint density at radius 1 is 0.245 bits per heavy atom. The Bertz CT molecular complexity index is 3160. The largest absolute Gasteiger partial charge is 0.309 e. The van der Waals surface area contributed by atoms with E-state index in [1.165, 1.54) is 98.3 Å². The maximum Gasteiger partial charge on any atom is 0.0541 e. The highest BCUT2D eigenvalue weighted by atomic mass is 15.0. The van der Waals surface area contributed by atoms with Gasteiger partial charge in [0.1, 0.15) is 0 Å². The molecule has 1 heterocycles. The normalized spacial score (nSPS) is 11.8. The second-order valence-corrected chi connectivity index (χ2v) is 14.1. The van der Waals surface area contributed by atoms with Gasteiger partial charge in [0.05, 0.1) is 11.0 Å². The molecule has 0 fully saturated rings. The minimum atomic E-state index is 1.15. The second-order valence-electron chi connectivity index (χ2n) is 14.1. The van der Waals surface area contributed by atoms with Crippen molar-refractivity contribution in [1.82, 2.24) is 4.57 Å². The van der Waals surface area contributed by atoms with Crippen LogP contribution in [0, 0.1) is 0 Å². The van der Waals surface area contributed by atoms with E-state index in [0.29, 0.717) is 0 Å². The molecule has 246 valence electrons. The zero-order valence-electron chi connectivity index (χ0n) is 29.0. The van der Waals surface area contributed by atoms with Crippen molar-refractivity contribution in [3.05, 3.63) is 200 Å². The number of hydrogen-bond donors (Lipinski definition) is 0. The monoisotopic (exact) mass is 671 g/mol. The van der Waals surface area contributed by atoms with Gasteiger partial charge < -0.3 is 4.57 Å². The summed E-state index contributed by atoms with van der Waals surface area (Å²) in [5, 5.41) is 12.6. The third-order valence-corrected chi connectivity index (χ3v) is 11.1.